The van der Waals surface area contributed by atoms with Crippen molar-refractivity contribution in [3.05, 3.63) is 84.4 Å². The van der Waals surface area contributed by atoms with Crippen molar-refractivity contribution < 1.29 is 9.21 Å². The number of hydrogen-bond donors (Lipinski definition) is 1. The summed E-state index contributed by atoms with van der Waals surface area (Å²) >= 11 is 0. The van der Waals surface area contributed by atoms with E-state index in [1.807, 2.05) is 36.4 Å². The number of amides is 1. The normalized spacial score (nSPS) is 14.6. The Morgan fingerprint density at radius 2 is 1.71 bits per heavy atom. The predicted molar refractivity (Wildman–Crippen MR) is 120 cm³/mol. The molecule has 0 aliphatic carbocycles. The third-order valence-corrected chi connectivity index (χ3v) is 5.49. The number of carbonyl (C=O) groups excluding carboxylic acids is 1. The molecule has 7 nitrogen and oxygen atoms in total. The van der Waals surface area contributed by atoms with Crippen molar-refractivity contribution in [3.8, 4) is 0 Å². The number of aromatic nitrogens is 2. The van der Waals surface area contributed by atoms with E-state index < -0.39 is 0 Å². The first-order chi connectivity index (χ1) is 15.2. The highest BCUT2D eigenvalue weighted by atomic mass is 16.3. The fourth-order valence-corrected chi connectivity index (χ4v) is 3.84. The first-order valence-corrected chi connectivity index (χ1v) is 10.4. The van der Waals surface area contributed by atoms with Gasteiger partial charge in [0.2, 0.25) is 0 Å². The van der Waals surface area contributed by atoms with E-state index >= 15 is 0 Å². The van der Waals surface area contributed by atoms with Gasteiger partial charge in [-0.25, -0.2) is 9.97 Å². The minimum Gasteiger partial charge on any atom is -0.451 e. The summed E-state index contributed by atoms with van der Waals surface area (Å²) in [7, 11) is 0. The molecule has 0 atom stereocenters. The molecule has 0 unspecified atom stereocenters. The zero-order valence-electron chi connectivity index (χ0n) is 17.1. The number of fused-ring (bicyclic) bond motifs is 1. The summed E-state index contributed by atoms with van der Waals surface area (Å²) in [5.74, 6) is 1.21. The maximum atomic E-state index is 12.6. The van der Waals surface area contributed by atoms with Gasteiger partial charge in [0.25, 0.3) is 5.91 Å². The summed E-state index contributed by atoms with van der Waals surface area (Å²) in [6.07, 6.45) is 1.49. The number of furan rings is 1. The summed E-state index contributed by atoms with van der Waals surface area (Å²) in [5.41, 5.74) is 2.01. The smallest absolute Gasteiger partial charge is 0.292 e. The molecule has 1 aliphatic heterocycles. The quantitative estimate of drug-likeness (QED) is 0.537. The van der Waals surface area contributed by atoms with Crippen molar-refractivity contribution in [1.82, 2.24) is 14.9 Å². The van der Waals surface area contributed by atoms with Gasteiger partial charge in [0.1, 0.15) is 23.5 Å². The number of nitrogens with zero attached hydrogens (tertiary/aromatic N) is 4. The van der Waals surface area contributed by atoms with Crippen molar-refractivity contribution in [1.29, 1.82) is 0 Å². The van der Waals surface area contributed by atoms with E-state index in [1.54, 1.807) is 6.07 Å². The molecule has 0 bridgehead atoms. The van der Waals surface area contributed by atoms with E-state index in [0.717, 1.165) is 43.9 Å². The molecule has 156 valence electrons. The number of para-hydroxylation sites is 1. The molecule has 3 heterocycles. The largest absolute Gasteiger partial charge is 0.451 e. The van der Waals surface area contributed by atoms with Crippen molar-refractivity contribution in [2.24, 2.45) is 0 Å². The Morgan fingerprint density at radius 1 is 0.935 bits per heavy atom. The van der Waals surface area contributed by atoms with Gasteiger partial charge < -0.3 is 14.6 Å². The van der Waals surface area contributed by atoms with E-state index in [1.165, 1.54) is 11.9 Å². The van der Waals surface area contributed by atoms with Gasteiger partial charge in [0.05, 0.1) is 0 Å². The van der Waals surface area contributed by atoms with E-state index in [2.05, 4.69) is 49.4 Å². The minimum absolute atomic E-state index is 0.260. The second-order valence-electron chi connectivity index (χ2n) is 7.61. The minimum atomic E-state index is -0.325. The standard InChI is InChI=1S/C24H23N5O2/c30-24(21-14-19-8-4-5-9-20(19)31-21)27-22-15-23(26-17-25-22)29-12-10-28(11-13-29)16-18-6-2-1-3-7-18/h1-9,14-15,17H,10-13,16H2,(H,25,26,27,30). The van der Waals surface area contributed by atoms with Crippen molar-refractivity contribution in [2.75, 3.05) is 36.4 Å². The van der Waals surface area contributed by atoms with Crippen LogP contribution in [-0.4, -0.2) is 47.0 Å². The third-order valence-electron chi connectivity index (χ3n) is 5.49. The molecule has 0 spiro atoms. The van der Waals surface area contributed by atoms with Crippen LogP contribution in [0.2, 0.25) is 0 Å². The highest BCUT2D eigenvalue weighted by molar-refractivity contribution is 6.04. The number of piperazine rings is 1. The van der Waals surface area contributed by atoms with Gasteiger partial charge in [-0.2, -0.15) is 0 Å². The van der Waals surface area contributed by atoms with Crippen LogP contribution in [0.1, 0.15) is 16.1 Å². The fraction of sp³-hybridized carbons (Fsp3) is 0.208. The molecule has 5 rings (SSSR count). The topological polar surface area (TPSA) is 74.5 Å². The molecule has 0 radical (unpaired) electrons. The Morgan fingerprint density at radius 3 is 2.52 bits per heavy atom. The Balaban J connectivity index is 1.21. The zero-order valence-corrected chi connectivity index (χ0v) is 17.1. The summed E-state index contributed by atoms with van der Waals surface area (Å²) in [4.78, 5) is 25.9. The van der Waals surface area contributed by atoms with Crippen molar-refractivity contribution in [2.45, 2.75) is 6.54 Å². The van der Waals surface area contributed by atoms with Gasteiger partial charge in [-0.05, 0) is 17.7 Å². The zero-order chi connectivity index (χ0) is 21.0. The molecule has 1 aliphatic rings. The highest BCUT2D eigenvalue weighted by Crippen LogP contribution is 2.21. The van der Waals surface area contributed by atoms with Crippen LogP contribution in [0.3, 0.4) is 0 Å². The van der Waals surface area contributed by atoms with Crippen LogP contribution in [0, 0.1) is 0 Å². The van der Waals surface area contributed by atoms with Crippen LogP contribution < -0.4 is 10.2 Å². The van der Waals surface area contributed by atoms with E-state index in [-0.39, 0.29) is 11.7 Å². The average Bonchev–Trinajstić information content (AvgIpc) is 3.25. The Hall–Kier alpha value is -3.71. The molecule has 2 aromatic carbocycles. The molecule has 2 aromatic heterocycles. The molecule has 31 heavy (non-hydrogen) atoms. The van der Waals surface area contributed by atoms with Crippen LogP contribution in [0.25, 0.3) is 11.0 Å². The van der Waals surface area contributed by atoms with E-state index in [9.17, 15) is 4.79 Å². The molecule has 4 aromatic rings. The van der Waals surface area contributed by atoms with Crippen LogP contribution in [0.5, 0.6) is 0 Å². The molecule has 1 saturated heterocycles. The van der Waals surface area contributed by atoms with Gasteiger partial charge in [-0.3, -0.25) is 9.69 Å². The number of rotatable bonds is 5. The molecule has 7 heteroatoms. The van der Waals surface area contributed by atoms with Crippen molar-refractivity contribution >= 4 is 28.5 Å². The number of nitrogens with one attached hydrogen (secondary N) is 1. The van der Waals surface area contributed by atoms with E-state index in [0.29, 0.717) is 11.4 Å². The molecular formula is C24H23N5O2. The van der Waals surface area contributed by atoms with Crippen LogP contribution in [0.15, 0.2) is 77.5 Å². The van der Waals surface area contributed by atoms with Gasteiger partial charge in [0, 0.05) is 44.2 Å². The van der Waals surface area contributed by atoms with Crippen LogP contribution in [-0.2, 0) is 6.54 Å². The summed E-state index contributed by atoms with van der Waals surface area (Å²) in [6.45, 7) is 4.62. The lowest BCUT2D eigenvalue weighted by atomic mass is 10.2. The molecule has 1 amide bonds. The van der Waals surface area contributed by atoms with Gasteiger partial charge in [-0.15, -0.1) is 0 Å². The van der Waals surface area contributed by atoms with Crippen molar-refractivity contribution in [3.63, 3.8) is 0 Å². The average molecular weight is 413 g/mol. The van der Waals surface area contributed by atoms with Crippen LogP contribution >= 0.6 is 0 Å². The SMILES string of the molecule is O=C(Nc1cc(N2CCN(Cc3ccccc3)CC2)ncn1)c1cc2ccccc2o1. The number of carbonyl (C=O) groups is 1. The van der Waals surface area contributed by atoms with Gasteiger partial charge in [0.15, 0.2) is 5.76 Å². The Labute approximate surface area is 180 Å². The lowest BCUT2D eigenvalue weighted by molar-refractivity contribution is 0.0998. The lowest BCUT2D eigenvalue weighted by Gasteiger charge is -2.35. The monoisotopic (exact) mass is 413 g/mol. The van der Waals surface area contributed by atoms with Crippen LogP contribution in [0.4, 0.5) is 11.6 Å². The van der Waals surface area contributed by atoms with E-state index in [4.69, 9.17) is 4.42 Å². The number of hydrogen-bond acceptors (Lipinski definition) is 6. The number of anilines is 2. The number of benzene rings is 2. The highest BCUT2D eigenvalue weighted by Gasteiger charge is 2.19. The maximum absolute atomic E-state index is 12.6. The second kappa shape index (κ2) is 8.57. The fourth-order valence-electron chi connectivity index (χ4n) is 3.84. The maximum Gasteiger partial charge on any atom is 0.292 e. The molecule has 1 fully saturated rings. The first-order valence-electron chi connectivity index (χ1n) is 10.4. The lowest BCUT2D eigenvalue weighted by Crippen LogP contribution is -2.46. The summed E-state index contributed by atoms with van der Waals surface area (Å²) in [5, 5.41) is 3.71. The summed E-state index contributed by atoms with van der Waals surface area (Å²) in [6, 6.07) is 21.6. The Kier molecular flexibility index (Phi) is 5.33. The third kappa shape index (κ3) is 4.41. The Bertz CT molecular complexity index is 1150. The molecule has 1 N–H and O–H groups in total. The summed E-state index contributed by atoms with van der Waals surface area (Å²) < 4.78 is 5.64. The second-order valence-corrected chi connectivity index (χ2v) is 7.61. The van der Waals surface area contributed by atoms with Gasteiger partial charge >= 0.3 is 0 Å². The first kappa shape index (κ1) is 19.3. The predicted octanol–water partition coefficient (Wildman–Crippen LogP) is 3.80. The molecule has 0 saturated carbocycles. The van der Waals surface area contributed by atoms with Gasteiger partial charge in [-0.1, -0.05) is 48.5 Å². The molecular weight excluding hydrogens is 390 g/mol.